The molecule has 0 saturated carbocycles. The Morgan fingerprint density at radius 2 is 2.00 bits per heavy atom. The number of rotatable bonds is 7. The number of nitrogens with one attached hydrogen (secondary N) is 1. The fraction of sp³-hybridized carbons (Fsp3) is 0.217. The number of carbonyl (C=O) groups is 1. The molecule has 9 heteroatoms. The third-order valence-corrected chi connectivity index (χ3v) is 5.26. The minimum Gasteiger partial charge on any atom is -0.441 e. The number of benzene rings is 2. The van der Waals surface area contributed by atoms with Gasteiger partial charge in [0.1, 0.15) is 11.6 Å². The van der Waals surface area contributed by atoms with Gasteiger partial charge in [0.2, 0.25) is 5.91 Å². The van der Waals surface area contributed by atoms with Crippen LogP contribution in [-0.4, -0.2) is 32.3 Å². The molecule has 0 atom stereocenters. The third kappa shape index (κ3) is 4.86. The molecule has 2 aromatic carbocycles. The number of aromatic nitrogens is 3. The minimum absolute atomic E-state index is 0.122. The second-order valence-corrected chi connectivity index (χ2v) is 7.64. The number of nitrogens with zero attached hydrogens (tertiary/aromatic N) is 3. The summed E-state index contributed by atoms with van der Waals surface area (Å²) < 4.78 is 18.8. The van der Waals surface area contributed by atoms with Crippen LogP contribution < -0.4 is 5.56 Å². The number of oxazole rings is 1. The van der Waals surface area contributed by atoms with Gasteiger partial charge < -0.3 is 14.3 Å². The summed E-state index contributed by atoms with van der Waals surface area (Å²) in [6.45, 7) is 2.47. The van der Waals surface area contributed by atoms with Crippen molar-refractivity contribution in [3.8, 4) is 11.3 Å². The predicted molar refractivity (Wildman–Crippen MR) is 119 cm³/mol. The van der Waals surface area contributed by atoms with E-state index in [1.165, 1.54) is 12.1 Å². The average Bonchev–Trinajstić information content (AvgIpc) is 3.25. The quantitative estimate of drug-likeness (QED) is 0.448. The Labute approximate surface area is 187 Å². The fourth-order valence-electron chi connectivity index (χ4n) is 3.34. The Morgan fingerprint density at radius 1 is 1.22 bits per heavy atom. The molecule has 1 amide bonds. The molecule has 0 aliphatic rings. The smallest absolute Gasteiger partial charge is 0.258 e. The second kappa shape index (κ2) is 9.32. The molecule has 4 aromatic rings. The Bertz CT molecular complexity index is 1320. The van der Waals surface area contributed by atoms with E-state index in [4.69, 9.17) is 16.0 Å². The maximum Gasteiger partial charge on any atom is 0.258 e. The number of H-pyrrole nitrogens is 1. The highest BCUT2D eigenvalue weighted by atomic mass is 35.5. The minimum atomic E-state index is -0.330. The molecule has 0 unspecified atom stereocenters. The van der Waals surface area contributed by atoms with Crippen LogP contribution in [0.15, 0.2) is 57.9 Å². The van der Waals surface area contributed by atoms with Gasteiger partial charge in [-0.15, -0.1) is 0 Å². The lowest BCUT2D eigenvalue weighted by Gasteiger charge is -2.20. The molecule has 0 bridgehead atoms. The SMILES string of the molecule is CCN(Cc1nc2cc(Cl)ccc2c(=O)[nH]1)C(=O)CCc1ncc(-c2ccc(F)cc2)o1. The number of aromatic amines is 1. The number of carbonyl (C=O) groups excluding carboxylic acids is 1. The van der Waals surface area contributed by atoms with Crippen LogP contribution >= 0.6 is 11.6 Å². The lowest BCUT2D eigenvalue weighted by molar-refractivity contribution is -0.131. The lowest BCUT2D eigenvalue weighted by Crippen LogP contribution is -2.32. The lowest BCUT2D eigenvalue weighted by atomic mass is 10.2. The van der Waals surface area contributed by atoms with E-state index in [-0.39, 0.29) is 30.2 Å². The monoisotopic (exact) mass is 454 g/mol. The molecule has 4 rings (SSSR count). The molecule has 2 aromatic heterocycles. The van der Waals surface area contributed by atoms with Crippen LogP contribution in [-0.2, 0) is 17.8 Å². The summed E-state index contributed by atoms with van der Waals surface area (Å²) in [5, 5.41) is 0.921. The number of halogens is 2. The molecule has 2 heterocycles. The Balaban J connectivity index is 1.42. The van der Waals surface area contributed by atoms with Gasteiger partial charge in [0.25, 0.3) is 5.56 Å². The van der Waals surface area contributed by atoms with E-state index >= 15 is 0 Å². The van der Waals surface area contributed by atoms with Gasteiger partial charge in [0, 0.05) is 30.0 Å². The number of fused-ring (bicyclic) bond motifs is 1. The molecule has 0 aliphatic heterocycles. The fourth-order valence-corrected chi connectivity index (χ4v) is 3.50. The molecule has 0 saturated heterocycles. The standard InChI is InChI=1S/C23H20ClFN4O3/c1-2-29(13-20-27-18-11-15(24)5-8-17(18)23(31)28-20)22(30)10-9-21-26-12-19(32-21)14-3-6-16(25)7-4-14/h3-8,11-12H,2,9-10,13H2,1H3,(H,27,28,31). The first kappa shape index (κ1) is 21.7. The summed E-state index contributed by atoms with van der Waals surface area (Å²) in [5.41, 5.74) is 0.907. The van der Waals surface area contributed by atoms with E-state index in [0.717, 1.165) is 0 Å². The molecule has 0 radical (unpaired) electrons. The van der Waals surface area contributed by atoms with Crippen molar-refractivity contribution in [2.45, 2.75) is 26.3 Å². The largest absolute Gasteiger partial charge is 0.441 e. The van der Waals surface area contributed by atoms with E-state index in [1.807, 2.05) is 6.92 Å². The van der Waals surface area contributed by atoms with E-state index in [9.17, 15) is 14.0 Å². The maximum absolute atomic E-state index is 13.1. The second-order valence-electron chi connectivity index (χ2n) is 7.21. The van der Waals surface area contributed by atoms with Crippen LogP contribution in [0.1, 0.15) is 25.1 Å². The van der Waals surface area contributed by atoms with E-state index in [1.54, 1.807) is 41.4 Å². The van der Waals surface area contributed by atoms with Gasteiger partial charge in [-0.1, -0.05) is 11.6 Å². The first-order valence-corrected chi connectivity index (χ1v) is 10.5. The zero-order valence-corrected chi connectivity index (χ0v) is 18.0. The molecule has 32 heavy (non-hydrogen) atoms. The zero-order chi connectivity index (χ0) is 22.7. The molecule has 0 aliphatic carbocycles. The van der Waals surface area contributed by atoms with Crippen molar-refractivity contribution >= 4 is 28.4 Å². The first-order chi connectivity index (χ1) is 15.4. The van der Waals surface area contributed by atoms with Crippen LogP contribution in [0.25, 0.3) is 22.2 Å². The van der Waals surface area contributed by atoms with Gasteiger partial charge in [-0.25, -0.2) is 14.4 Å². The van der Waals surface area contributed by atoms with Crippen LogP contribution in [0.5, 0.6) is 0 Å². The van der Waals surface area contributed by atoms with Crippen molar-refractivity contribution in [1.82, 2.24) is 19.9 Å². The van der Waals surface area contributed by atoms with Crippen LogP contribution in [0.4, 0.5) is 4.39 Å². The van der Waals surface area contributed by atoms with Crippen molar-refractivity contribution in [3.05, 3.63) is 81.6 Å². The summed E-state index contributed by atoms with van der Waals surface area (Å²) >= 11 is 6.01. The van der Waals surface area contributed by atoms with E-state index < -0.39 is 0 Å². The Hall–Kier alpha value is -3.52. The van der Waals surface area contributed by atoms with Gasteiger partial charge in [-0.2, -0.15) is 0 Å². The molecule has 0 spiro atoms. The van der Waals surface area contributed by atoms with Crippen molar-refractivity contribution in [2.24, 2.45) is 0 Å². The summed E-state index contributed by atoms with van der Waals surface area (Å²) in [4.78, 5) is 38.0. The molecule has 164 valence electrons. The van der Waals surface area contributed by atoms with Crippen LogP contribution in [0.3, 0.4) is 0 Å². The van der Waals surface area contributed by atoms with Crippen molar-refractivity contribution in [2.75, 3.05) is 6.54 Å². The molecule has 0 fully saturated rings. The molecular weight excluding hydrogens is 435 g/mol. The number of amides is 1. The zero-order valence-electron chi connectivity index (χ0n) is 17.3. The normalized spacial score (nSPS) is 11.1. The summed E-state index contributed by atoms with van der Waals surface area (Å²) in [6.07, 6.45) is 2.05. The topological polar surface area (TPSA) is 92.1 Å². The van der Waals surface area contributed by atoms with E-state index in [0.29, 0.717) is 51.9 Å². The van der Waals surface area contributed by atoms with E-state index in [2.05, 4.69) is 15.0 Å². The number of aryl methyl sites for hydroxylation is 1. The summed E-state index contributed by atoms with van der Waals surface area (Å²) in [5.74, 6) is 0.860. The molecular formula is C23H20ClFN4O3. The highest BCUT2D eigenvalue weighted by Crippen LogP contribution is 2.21. The summed E-state index contributed by atoms with van der Waals surface area (Å²) in [6, 6.07) is 10.8. The van der Waals surface area contributed by atoms with Gasteiger partial charge in [-0.05, 0) is 49.4 Å². The highest BCUT2D eigenvalue weighted by molar-refractivity contribution is 6.31. The number of hydrogen-bond acceptors (Lipinski definition) is 5. The highest BCUT2D eigenvalue weighted by Gasteiger charge is 2.16. The Kier molecular flexibility index (Phi) is 6.32. The van der Waals surface area contributed by atoms with Crippen molar-refractivity contribution < 1.29 is 13.6 Å². The van der Waals surface area contributed by atoms with Crippen LogP contribution in [0, 0.1) is 5.82 Å². The first-order valence-electron chi connectivity index (χ1n) is 10.1. The van der Waals surface area contributed by atoms with Gasteiger partial charge in [0.15, 0.2) is 11.7 Å². The van der Waals surface area contributed by atoms with Crippen molar-refractivity contribution in [1.29, 1.82) is 0 Å². The maximum atomic E-state index is 13.1. The van der Waals surface area contributed by atoms with Crippen LogP contribution in [0.2, 0.25) is 5.02 Å². The van der Waals surface area contributed by atoms with Gasteiger partial charge >= 0.3 is 0 Å². The summed E-state index contributed by atoms with van der Waals surface area (Å²) in [7, 11) is 0. The van der Waals surface area contributed by atoms with Gasteiger partial charge in [0.05, 0.1) is 23.6 Å². The average molecular weight is 455 g/mol. The number of hydrogen-bond donors (Lipinski definition) is 1. The van der Waals surface area contributed by atoms with Crippen molar-refractivity contribution in [3.63, 3.8) is 0 Å². The van der Waals surface area contributed by atoms with Gasteiger partial charge in [-0.3, -0.25) is 9.59 Å². The predicted octanol–water partition coefficient (Wildman–Crippen LogP) is 4.35. The third-order valence-electron chi connectivity index (χ3n) is 5.03. The Morgan fingerprint density at radius 3 is 2.75 bits per heavy atom. The molecule has 7 nitrogen and oxygen atoms in total. The molecule has 1 N–H and O–H groups in total.